The molecular weight excluding hydrogens is 226 g/mol. The first-order chi connectivity index (χ1) is 8.16. The van der Waals surface area contributed by atoms with Gasteiger partial charge in [0.15, 0.2) is 0 Å². The van der Waals surface area contributed by atoms with E-state index in [1.807, 2.05) is 0 Å². The Labute approximate surface area is 112 Å². The monoisotopic (exact) mass is 255 g/mol. The Morgan fingerprint density at radius 2 is 1.94 bits per heavy atom. The molecule has 1 aliphatic heterocycles. The van der Waals surface area contributed by atoms with Crippen LogP contribution in [0.25, 0.3) is 0 Å². The summed E-state index contributed by atoms with van der Waals surface area (Å²) in [4.78, 5) is 0. The standard InChI is InChI=1S/C15H29NS/c1-15(2)10-14(11-17-12-15)16-9-8-13-6-4-3-5-7-13/h13-14,16H,3-12H2,1-2H3. The average molecular weight is 255 g/mol. The maximum absolute atomic E-state index is 3.80. The van der Waals surface area contributed by atoms with Crippen molar-refractivity contribution < 1.29 is 0 Å². The molecule has 0 spiro atoms. The lowest BCUT2D eigenvalue weighted by Gasteiger charge is -2.35. The Morgan fingerprint density at radius 1 is 1.18 bits per heavy atom. The summed E-state index contributed by atoms with van der Waals surface area (Å²) in [6.07, 6.45) is 10.2. The summed E-state index contributed by atoms with van der Waals surface area (Å²) >= 11 is 2.13. The molecule has 0 radical (unpaired) electrons. The molecule has 0 aromatic rings. The Balaban J connectivity index is 1.61. The van der Waals surface area contributed by atoms with Crippen molar-refractivity contribution >= 4 is 11.8 Å². The van der Waals surface area contributed by atoms with Gasteiger partial charge in [0.05, 0.1) is 0 Å². The zero-order chi connectivity index (χ0) is 12.1. The van der Waals surface area contributed by atoms with E-state index in [1.54, 1.807) is 0 Å². The number of rotatable bonds is 4. The van der Waals surface area contributed by atoms with Gasteiger partial charge in [0.2, 0.25) is 0 Å². The maximum Gasteiger partial charge on any atom is 0.0163 e. The highest BCUT2D eigenvalue weighted by Gasteiger charge is 2.28. The Kier molecular flexibility index (Phi) is 5.23. The summed E-state index contributed by atoms with van der Waals surface area (Å²) in [5, 5.41) is 3.80. The minimum atomic E-state index is 0.547. The van der Waals surface area contributed by atoms with Crippen molar-refractivity contribution in [2.75, 3.05) is 18.1 Å². The van der Waals surface area contributed by atoms with Gasteiger partial charge in [0, 0.05) is 11.8 Å². The molecule has 0 amide bonds. The molecule has 17 heavy (non-hydrogen) atoms. The summed E-state index contributed by atoms with van der Waals surface area (Å²) in [5.74, 6) is 3.70. The third-order valence-electron chi connectivity index (χ3n) is 4.32. The molecule has 1 heterocycles. The minimum Gasteiger partial charge on any atom is -0.313 e. The van der Waals surface area contributed by atoms with Gasteiger partial charge in [-0.15, -0.1) is 0 Å². The van der Waals surface area contributed by atoms with Crippen molar-refractivity contribution in [3.63, 3.8) is 0 Å². The molecule has 1 saturated heterocycles. The zero-order valence-electron chi connectivity index (χ0n) is 11.6. The Morgan fingerprint density at radius 3 is 2.65 bits per heavy atom. The van der Waals surface area contributed by atoms with Crippen LogP contribution in [-0.2, 0) is 0 Å². The van der Waals surface area contributed by atoms with E-state index in [1.165, 1.54) is 63.0 Å². The van der Waals surface area contributed by atoms with Gasteiger partial charge in [0.25, 0.3) is 0 Å². The predicted octanol–water partition coefficient (Wildman–Crippen LogP) is 4.08. The van der Waals surface area contributed by atoms with Crippen LogP contribution in [0.5, 0.6) is 0 Å². The van der Waals surface area contributed by atoms with Crippen LogP contribution in [0.15, 0.2) is 0 Å². The molecule has 0 bridgehead atoms. The van der Waals surface area contributed by atoms with E-state index >= 15 is 0 Å². The van der Waals surface area contributed by atoms with Gasteiger partial charge in [0.1, 0.15) is 0 Å². The maximum atomic E-state index is 3.80. The quantitative estimate of drug-likeness (QED) is 0.812. The molecule has 1 N–H and O–H groups in total. The lowest BCUT2D eigenvalue weighted by atomic mass is 9.86. The minimum absolute atomic E-state index is 0.547. The second kappa shape index (κ2) is 6.47. The zero-order valence-corrected chi connectivity index (χ0v) is 12.5. The van der Waals surface area contributed by atoms with Crippen LogP contribution in [0.3, 0.4) is 0 Å². The molecule has 2 rings (SSSR count). The van der Waals surface area contributed by atoms with Gasteiger partial charge in [-0.2, -0.15) is 11.8 Å². The van der Waals surface area contributed by atoms with Crippen LogP contribution in [-0.4, -0.2) is 24.1 Å². The lowest BCUT2D eigenvalue weighted by Crippen LogP contribution is -2.41. The Hall–Kier alpha value is 0.310. The molecule has 2 heteroatoms. The number of nitrogens with one attached hydrogen (secondary N) is 1. The molecule has 1 atom stereocenters. The van der Waals surface area contributed by atoms with Crippen molar-refractivity contribution in [1.29, 1.82) is 0 Å². The van der Waals surface area contributed by atoms with E-state index in [-0.39, 0.29) is 0 Å². The molecule has 1 aliphatic carbocycles. The molecule has 2 aliphatic rings. The van der Waals surface area contributed by atoms with E-state index in [2.05, 4.69) is 30.9 Å². The fourth-order valence-corrected chi connectivity index (χ4v) is 4.67. The van der Waals surface area contributed by atoms with Crippen molar-refractivity contribution in [1.82, 2.24) is 5.32 Å². The number of hydrogen-bond donors (Lipinski definition) is 1. The van der Waals surface area contributed by atoms with Crippen LogP contribution in [0.2, 0.25) is 0 Å². The molecule has 1 saturated carbocycles. The summed E-state index contributed by atoms with van der Waals surface area (Å²) in [7, 11) is 0. The highest BCUT2D eigenvalue weighted by molar-refractivity contribution is 7.99. The molecule has 0 aromatic heterocycles. The molecule has 2 fully saturated rings. The summed E-state index contributed by atoms with van der Waals surface area (Å²) < 4.78 is 0. The molecule has 1 unspecified atom stereocenters. The second-order valence-corrected chi connectivity index (χ2v) is 7.86. The first-order valence-corrected chi connectivity index (χ1v) is 8.62. The van der Waals surface area contributed by atoms with Gasteiger partial charge in [-0.25, -0.2) is 0 Å². The van der Waals surface area contributed by atoms with E-state index < -0.39 is 0 Å². The third kappa shape index (κ3) is 4.82. The van der Waals surface area contributed by atoms with Gasteiger partial charge < -0.3 is 5.32 Å². The van der Waals surface area contributed by atoms with Crippen molar-refractivity contribution in [2.45, 2.75) is 64.8 Å². The van der Waals surface area contributed by atoms with Gasteiger partial charge in [-0.3, -0.25) is 0 Å². The lowest BCUT2D eigenvalue weighted by molar-refractivity contribution is 0.296. The van der Waals surface area contributed by atoms with Crippen LogP contribution < -0.4 is 5.32 Å². The highest BCUT2D eigenvalue weighted by atomic mass is 32.2. The average Bonchev–Trinajstić information content (AvgIpc) is 2.29. The van der Waals surface area contributed by atoms with E-state index in [0.717, 1.165) is 12.0 Å². The SMILES string of the molecule is CC1(C)CSCC(NCCC2CCCCC2)C1. The number of thioether (sulfide) groups is 1. The normalized spacial score (nSPS) is 30.4. The van der Waals surface area contributed by atoms with Crippen LogP contribution in [0, 0.1) is 11.3 Å². The van der Waals surface area contributed by atoms with Crippen LogP contribution in [0.1, 0.15) is 58.8 Å². The smallest absolute Gasteiger partial charge is 0.0163 e. The predicted molar refractivity (Wildman–Crippen MR) is 78.7 cm³/mol. The third-order valence-corrected chi connectivity index (χ3v) is 5.94. The van der Waals surface area contributed by atoms with Gasteiger partial charge in [-0.05, 0) is 36.5 Å². The van der Waals surface area contributed by atoms with Crippen molar-refractivity contribution in [3.8, 4) is 0 Å². The van der Waals surface area contributed by atoms with Gasteiger partial charge >= 0.3 is 0 Å². The van der Waals surface area contributed by atoms with E-state index in [4.69, 9.17) is 0 Å². The summed E-state index contributed by atoms with van der Waals surface area (Å²) in [6, 6.07) is 0.771. The Bertz CT molecular complexity index is 221. The number of hydrogen-bond acceptors (Lipinski definition) is 2. The first-order valence-electron chi connectivity index (χ1n) is 7.47. The molecule has 100 valence electrons. The molecule has 0 aromatic carbocycles. The first kappa shape index (κ1) is 13.7. The van der Waals surface area contributed by atoms with Gasteiger partial charge in [-0.1, -0.05) is 46.0 Å². The fourth-order valence-electron chi connectivity index (χ4n) is 3.36. The topological polar surface area (TPSA) is 12.0 Å². The second-order valence-electron chi connectivity index (χ2n) is 6.83. The molecular formula is C15H29NS. The van der Waals surface area contributed by atoms with E-state index in [9.17, 15) is 0 Å². The molecule has 1 nitrogen and oxygen atoms in total. The van der Waals surface area contributed by atoms with E-state index in [0.29, 0.717) is 5.41 Å². The summed E-state index contributed by atoms with van der Waals surface area (Å²) in [5.41, 5.74) is 0.547. The van der Waals surface area contributed by atoms with Crippen molar-refractivity contribution in [2.24, 2.45) is 11.3 Å². The van der Waals surface area contributed by atoms with Crippen LogP contribution >= 0.6 is 11.8 Å². The van der Waals surface area contributed by atoms with Crippen molar-refractivity contribution in [3.05, 3.63) is 0 Å². The summed E-state index contributed by atoms with van der Waals surface area (Å²) in [6.45, 7) is 6.08. The van der Waals surface area contributed by atoms with Crippen LogP contribution in [0.4, 0.5) is 0 Å². The highest BCUT2D eigenvalue weighted by Crippen LogP contribution is 2.33. The fraction of sp³-hybridized carbons (Fsp3) is 1.00. The largest absolute Gasteiger partial charge is 0.313 e.